The van der Waals surface area contributed by atoms with Crippen LogP contribution in [0.25, 0.3) is 0 Å². The maximum atomic E-state index is 12.6. The molecule has 1 heterocycles. The predicted molar refractivity (Wildman–Crippen MR) is 71.5 cm³/mol. The Kier molecular flexibility index (Phi) is 3.31. The molecule has 0 spiro atoms. The van der Waals surface area contributed by atoms with E-state index in [9.17, 15) is 9.59 Å². The number of nitrogens with zero attached hydrogens (tertiary/aromatic N) is 1. The van der Waals surface area contributed by atoms with Crippen molar-refractivity contribution < 1.29 is 9.59 Å². The van der Waals surface area contributed by atoms with Gasteiger partial charge >= 0.3 is 0 Å². The summed E-state index contributed by atoms with van der Waals surface area (Å²) >= 11 is 5.06. The van der Waals surface area contributed by atoms with E-state index in [-0.39, 0.29) is 10.9 Å². The first kappa shape index (κ1) is 13.3. The van der Waals surface area contributed by atoms with Crippen LogP contribution in [0.2, 0.25) is 0 Å². The Morgan fingerprint density at radius 2 is 1.94 bits per heavy atom. The van der Waals surface area contributed by atoms with Gasteiger partial charge in [0.15, 0.2) is 0 Å². The molecule has 6 heteroatoms. The van der Waals surface area contributed by atoms with Gasteiger partial charge in [0.05, 0.1) is 10.4 Å². The number of hydrogen-bond acceptors (Lipinski definition) is 3. The number of carbonyl (C=O) groups excluding carboxylic acids is 2. The first-order valence-electron chi connectivity index (χ1n) is 6.29. The second-order valence-corrected chi connectivity index (χ2v) is 5.96. The molecule has 2 amide bonds. The maximum Gasteiger partial charge on any atom is 0.240 e. The fraction of sp³-hybridized carbons (Fsp3) is 0.750. The summed E-state index contributed by atoms with van der Waals surface area (Å²) in [5.41, 5.74) is 10.4. The normalized spacial score (nSPS) is 35.1. The number of nitrogens with two attached hydrogens (primary N) is 2. The van der Waals surface area contributed by atoms with Crippen LogP contribution in [-0.4, -0.2) is 34.3 Å². The third-order valence-corrected chi connectivity index (χ3v) is 4.51. The average molecular weight is 269 g/mol. The lowest BCUT2D eigenvalue weighted by atomic mass is 9.61. The minimum atomic E-state index is -0.729. The van der Waals surface area contributed by atoms with Crippen LogP contribution in [0.15, 0.2) is 0 Å². The van der Waals surface area contributed by atoms with Crippen molar-refractivity contribution in [1.29, 1.82) is 0 Å². The molecule has 100 valence electrons. The zero-order chi connectivity index (χ0) is 13.5. The molecule has 2 aliphatic rings. The molecule has 0 radical (unpaired) electrons. The van der Waals surface area contributed by atoms with Gasteiger partial charge in [-0.05, 0) is 31.6 Å². The Labute approximate surface area is 112 Å². The Balaban J connectivity index is 2.20. The lowest BCUT2D eigenvalue weighted by molar-refractivity contribution is -0.147. The van der Waals surface area contributed by atoms with E-state index in [0.717, 1.165) is 6.42 Å². The molecule has 2 rings (SSSR count). The van der Waals surface area contributed by atoms with Gasteiger partial charge in [-0.15, -0.1) is 0 Å². The smallest absolute Gasteiger partial charge is 0.240 e. The standard InChI is InChI=1S/C12H19N3O2S/c1-7-5-12(6-7,10(14)18)11(17)15-4-2-3-8(15)9(13)16/h7-8H,2-6H2,1H3,(H2,13,16)(H2,14,18). The van der Waals surface area contributed by atoms with E-state index < -0.39 is 17.4 Å². The highest BCUT2D eigenvalue weighted by molar-refractivity contribution is 7.80. The van der Waals surface area contributed by atoms with Crippen molar-refractivity contribution in [2.24, 2.45) is 22.8 Å². The fourth-order valence-corrected chi connectivity index (χ4v) is 3.45. The first-order chi connectivity index (χ1) is 8.38. The highest BCUT2D eigenvalue weighted by atomic mass is 32.1. The molecule has 2 fully saturated rings. The Morgan fingerprint density at radius 1 is 1.33 bits per heavy atom. The summed E-state index contributed by atoms with van der Waals surface area (Å²) in [5, 5.41) is 0. The van der Waals surface area contributed by atoms with Gasteiger partial charge in [0.2, 0.25) is 11.8 Å². The van der Waals surface area contributed by atoms with Crippen molar-refractivity contribution in [3.05, 3.63) is 0 Å². The molecule has 1 saturated heterocycles. The summed E-state index contributed by atoms with van der Waals surface area (Å²) in [6.07, 6.45) is 2.82. The van der Waals surface area contributed by atoms with Crippen molar-refractivity contribution in [2.45, 2.75) is 38.6 Å². The van der Waals surface area contributed by atoms with Gasteiger partial charge in [0.1, 0.15) is 6.04 Å². The number of primary amides is 1. The minimum Gasteiger partial charge on any atom is -0.392 e. The van der Waals surface area contributed by atoms with Crippen molar-refractivity contribution in [3.8, 4) is 0 Å². The van der Waals surface area contributed by atoms with Gasteiger partial charge in [-0.2, -0.15) is 0 Å². The summed E-state index contributed by atoms with van der Waals surface area (Å²) in [5.74, 6) is -0.0919. The number of thiocarbonyl (C=S) groups is 1. The largest absolute Gasteiger partial charge is 0.392 e. The molecule has 1 aliphatic carbocycles. The Bertz CT molecular complexity index is 404. The van der Waals surface area contributed by atoms with Crippen LogP contribution in [0, 0.1) is 11.3 Å². The van der Waals surface area contributed by atoms with Crippen molar-refractivity contribution >= 4 is 29.0 Å². The second kappa shape index (κ2) is 4.50. The van der Waals surface area contributed by atoms with Crippen LogP contribution in [0.5, 0.6) is 0 Å². The van der Waals surface area contributed by atoms with Gasteiger partial charge in [-0.25, -0.2) is 0 Å². The van der Waals surface area contributed by atoms with Gasteiger partial charge in [0.25, 0.3) is 0 Å². The quantitative estimate of drug-likeness (QED) is 0.714. The van der Waals surface area contributed by atoms with Crippen molar-refractivity contribution in [1.82, 2.24) is 4.90 Å². The van der Waals surface area contributed by atoms with Crippen LogP contribution in [0.4, 0.5) is 0 Å². The molecule has 1 aliphatic heterocycles. The molecule has 0 aromatic rings. The fourth-order valence-electron chi connectivity index (χ4n) is 3.19. The third kappa shape index (κ3) is 1.88. The van der Waals surface area contributed by atoms with E-state index >= 15 is 0 Å². The summed E-state index contributed by atoms with van der Waals surface area (Å²) in [6, 6.07) is -0.486. The number of likely N-dealkylation sites (tertiary alicyclic amines) is 1. The van der Waals surface area contributed by atoms with E-state index in [4.69, 9.17) is 23.7 Å². The topological polar surface area (TPSA) is 89.4 Å². The molecule has 1 unspecified atom stereocenters. The SMILES string of the molecule is CC1CC(C(=O)N2CCCC2C(N)=O)(C(N)=S)C1. The molecule has 18 heavy (non-hydrogen) atoms. The number of rotatable bonds is 3. The van der Waals surface area contributed by atoms with E-state index in [1.807, 2.05) is 0 Å². The number of hydrogen-bond donors (Lipinski definition) is 2. The van der Waals surface area contributed by atoms with E-state index in [2.05, 4.69) is 6.92 Å². The second-order valence-electron chi connectivity index (χ2n) is 5.52. The molecule has 0 aromatic carbocycles. The van der Waals surface area contributed by atoms with Gasteiger partial charge in [-0.3, -0.25) is 9.59 Å². The van der Waals surface area contributed by atoms with Crippen LogP contribution in [-0.2, 0) is 9.59 Å². The van der Waals surface area contributed by atoms with E-state index in [0.29, 0.717) is 31.7 Å². The monoisotopic (exact) mass is 269 g/mol. The van der Waals surface area contributed by atoms with Crippen molar-refractivity contribution in [3.63, 3.8) is 0 Å². The molecular weight excluding hydrogens is 250 g/mol. The lowest BCUT2D eigenvalue weighted by Crippen LogP contribution is -2.59. The highest BCUT2D eigenvalue weighted by Gasteiger charge is 2.54. The Hall–Kier alpha value is -1.17. The van der Waals surface area contributed by atoms with Gasteiger partial charge < -0.3 is 16.4 Å². The average Bonchev–Trinajstić information content (AvgIpc) is 2.71. The molecule has 4 N–H and O–H groups in total. The molecule has 1 saturated carbocycles. The summed E-state index contributed by atoms with van der Waals surface area (Å²) in [4.78, 5) is 25.8. The van der Waals surface area contributed by atoms with Crippen LogP contribution in [0.1, 0.15) is 32.6 Å². The maximum absolute atomic E-state index is 12.6. The predicted octanol–water partition coefficient (Wildman–Crippen LogP) is 0.165. The zero-order valence-corrected chi connectivity index (χ0v) is 11.3. The van der Waals surface area contributed by atoms with E-state index in [1.54, 1.807) is 4.90 Å². The van der Waals surface area contributed by atoms with E-state index in [1.165, 1.54) is 0 Å². The first-order valence-corrected chi connectivity index (χ1v) is 6.69. The van der Waals surface area contributed by atoms with Crippen molar-refractivity contribution in [2.75, 3.05) is 6.54 Å². The third-order valence-electron chi connectivity index (χ3n) is 4.12. The molecular formula is C12H19N3O2S. The minimum absolute atomic E-state index is 0.102. The summed E-state index contributed by atoms with van der Waals surface area (Å²) in [6.45, 7) is 2.64. The van der Waals surface area contributed by atoms with Crippen LogP contribution >= 0.6 is 12.2 Å². The lowest BCUT2D eigenvalue weighted by Gasteiger charge is -2.46. The highest BCUT2D eigenvalue weighted by Crippen LogP contribution is 2.47. The molecule has 0 aromatic heterocycles. The molecule has 5 nitrogen and oxygen atoms in total. The Morgan fingerprint density at radius 3 is 2.39 bits per heavy atom. The summed E-state index contributed by atoms with van der Waals surface area (Å²) < 4.78 is 0. The number of amides is 2. The van der Waals surface area contributed by atoms with Crippen LogP contribution < -0.4 is 11.5 Å². The molecule has 1 atom stereocenters. The summed E-state index contributed by atoms with van der Waals surface area (Å²) in [7, 11) is 0. The van der Waals surface area contributed by atoms with Gasteiger partial charge in [0, 0.05) is 6.54 Å². The molecule has 0 bridgehead atoms. The zero-order valence-electron chi connectivity index (χ0n) is 10.5. The van der Waals surface area contributed by atoms with Gasteiger partial charge in [-0.1, -0.05) is 19.1 Å². The number of carbonyl (C=O) groups is 2. The van der Waals surface area contributed by atoms with Crippen LogP contribution in [0.3, 0.4) is 0 Å².